The average Bonchev–Trinajstić information content (AvgIpc) is 2.41. The summed E-state index contributed by atoms with van der Waals surface area (Å²) in [4.78, 5) is 11.9. The second kappa shape index (κ2) is 6.40. The van der Waals surface area contributed by atoms with Crippen molar-refractivity contribution in [2.45, 2.75) is 40.0 Å². The molecule has 0 spiro atoms. The molecular weight excluding hydrogens is 248 g/mol. The fourth-order valence-electron chi connectivity index (χ4n) is 2.46. The normalized spacial score (nSPS) is 16.9. The number of hydrogen-bond acceptors (Lipinski definition) is 2. The zero-order chi connectivity index (χ0) is 14.6. The molecule has 1 aliphatic heterocycles. The third kappa shape index (κ3) is 4.34. The van der Waals surface area contributed by atoms with Crippen molar-refractivity contribution in [3.63, 3.8) is 0 Å². The van der Waals surface area contributed by atoms with Gasteiger partial charge in [0.1, 0.15) is 0 Å². The average molecular weight is 274 g/mol. The molecule has 1 amide bonds. The van der Waals surface area contributed by atoms with Crippen molar-refractivity contribution in [2.24, 2.45) is 11.3 Å². The minimum absolute atomic E-state index is 0.0589. The van der Waals surface area contributed by atoms with Crippen molar-refractivity contribution in [1.82, 2.24) is 5.32 Å². The molecule has 1 aliphatic rings. The van der Waals surface area contributed by atoms with Gasteiger partial charge < -0.3 is 10.6 Å². The van der Waals surface area contributed by atoms with E-state index < -0.39 is 0 Å². The lowest BCUT2D eigenvalue weighted by Crippen LogP contribution is -2.28. The lowest BCUT2D eigenvalue weighted by atomic mass is 9.91. The molecule has 0 aliphatic carbocycles. The molecule has 0 aromatic heterocycles. The van der Waals surface area contributed by atoms with Gasteiger partial charge in [-0.25, -0.2) is 0 Å². The van der Waals surface area contributed by atoms with E-state index in [-0.39, 0.29) is 11.3 Å². The van der Waals surface area contributed by atoms with E-state index in [9.17, 15) is 4.79 Å². The van der Waals surface area contributed by atoms with Crippen LogP contribution in [-0.2, 0) is 11.2 Å². The van der Waals surface area contributed by atoms with E-state index in [4.69, 9.17) is 0 Å². The fourth-order valence-corrected chi connectivity index (χ4v) is 2.46. The highest BCUT2D eigenvalue weighted by atomic mass is 16.2. The molecule has 0 saturated carbocycles. The number of benzene rings is 1. The van der Waals surface area contributed by atoms with Crippen molar-refractivity contribution in [1.29, 1.82) is 0 Å². The number of amides is 1. The van der Waals surface area contributed by atoms with Gasteiger partial charge in [0.15, 0.2) is 0 Å². The Labute approximate surface area is 122 Å². The molecule has 1 fully saturated rings. The highest BCUT2D eigenvalue weighted by Crippen LogP contribution is 2.21. The quantitative estimate of drug-likeness (QED) is 0.888. The van der Waals surface area contributed by atoms with Crippen LogP contribution < -0.4 is 10.6 Å². The van der Waals surface area contributed by atoms with Gasteiger partial charge >= 0.3 is 0 Å². The van der Waals surface area contributed by atoms with Crippen LogP contribution in [0.3, 0.4) is 0 Å². The molecule has 3 nitrogen and oxygen atoms in total. The summed E-state index contributed by atoms with van der Waals surface area (Å²) in [6.07, 6.45) is 3.68. The molecule has 1 aromatic carbocycles. The Balaban J connectivity index is 1.91. The summed E-state index contributed by atoms with van der Waals surface area (Å²) in [5.41, 5.74) is 1.90. The van der Waals surface area contributed by atoms with E-state index in [0.29, 0.717) is 0 Å². The second-order valence-corrected chi connectivity index (χ2v) is 6.80. The van der Waals surface area contributed by atoms with Gasteiger partial charge in [0.2, 0.25) is 5.91 Å². The predicted molar refractivity (Wildman–Crippen MR) is 83.8 cm³/mol. The van der Waals surface area contributed by atoms with Gasteiger partial charge in [0.05, 0.1) is 0 Å². The van der Waals surface area contributed by atoms with Crippen LogP contribution >= 0.6 is 0 Å². The number of carbonyl (C=O) groups is 1. The number of carbonyl (C=O) groups excluding carboxylic acids is 1. The number of anilines is 1. The molecule has 1 saturated heterocycles. The number of nitrogens with one attached hydrogen (secondary N) is 2. The van der Waals surface area contributed by atoms with Crippen molar-refractivity contribution in [2.75, 3.05) is 18.4 Å². The zero-order valence-electron chi connectivity index (χ0n) is 12.8. The Kier molecular flexibility index (Phi) is 4.81. The fraction of sp³-hybridized carbons (Fsp3) is 0.588. The number of hydrogen-bond donors (Lipinski definition) is 2. The van der Waals surface area contributed by atoms with Gasteiger partial charge in [0.25, 0.3) is 0 Å². The summed E-state index contributed by atoms with van der Waals surface area (Å²) < 4.78 is 0. The lowest BCUT2D eigenvalue weighted by molar-refractivity contribution is -0.123. The van der Waals surface area contributed by atoms with Crippen LogP contribution in [-0.4, -0.2) is 19.0 Å². The Morgan fingerprint density at radius 1 is 1.20 bits per heavy atom. The molecule has 20 heavy (non-hydrogen) atoms. The second-order valence-electron chi connectivity index (χ2n) is 6.80. The van der Waals surface area contributed by atoms with Crippen LogP contribution in [0.4, 0.5) is 5.69 Å². The third-order valence-corrected chi connectivity index (χ3v) is 3.88. The van der Waals surface area contributed by atoms with E-state index in [0.717, 1.165) is 31.1 Å². The standard InChI is InChI=1S/C17H26N2O/c1-17(2,3)16(20)19-15-6-4-13(5-7-15)12-14-8-10-18-11-9-14/h4-7,14,18H,8-12H2,1-3H3,(H,19,20). The van der Waals surface area contributed by atoms with Gasteiger partial charge in [-0.15, -0.1) is 0 Å². The Morgan fingerprint density at radius 3 is 2.35 bits per heavy atom. The smallest absolute Gasteiger partial charge is 0.229 e. The highest BCUT2D eigenvalue weighted by Gasteiger charge is 2.21. The summed E-state index contributed by atoms with van der Waals surface area (Å²) >= 11 is 0. The lowest BCUT2D eigenvalue weighted by Gasteiger charge is -2.22. The summed E-state index contributed by atoms with van der Waals surface area (Å²) in [7, 11) is 0. The Morgan fingerprint density at radius 2 is 1.80 bits per heavy atom. The van der Waals surface area contributed by atoms with Gasteiger partial charge in [-0.05, 0) is 56.0 Å². The maximum atomic E-state index is 11.9. The molecule has 110 valence electrons. The highest BCUT2D eigenvalue weighted by molar-refractivity contribution is 5.94. The molecule has 1 aromatic rings. The van der Waals surface area contributed by atoms with Crippen LogP contribution in [0.2, 0.25) is 0 Å². The number of piperidine rings is 1. The summed E-state index contributed by atoms with van der Waals surface area (Å²) in [5, 5.41) is 6.36. The first-order valence-electron chi connectivity index (χ1n) is 7.56. The monoisotopic (exact) mass is 274 g/mol. The first-order chi connectivity index (χ1) is 9.45. The first-order valence-corrected chi connectivity index (χ1v) is 7.56. The SMILES string of the molecule is CC(C)(C)C(=O)Nc1ccc(CC2CCNCC2)cc1. The van der Waals surface area contributed by atoms with Crippen LogP contribution in [0.25, 0.3) is 0 Å². The van der Waals surface area contributed by atoms with Gasteiger partial charge in [-0.3, -0.25) is 4.79 Å². The molecule has 0 bridgehead atoms. The molecule has 2 rings (SSSR count). The van der Waals surface area contributed by atoms with Crippen LogP contribution in [0.15, 0.2) is 24.3 Å². The molecular formula is C17H26N2O. The topological polar surface area (TPSA) is 41.1 Å². The third-order valence-electron chi connectivity index (χ3n) is 3.88. The van der Waals surface area contributed by atoms with E-state index in [1.54, 1.807) is 0 Å². The zero-order valence-corrected chi connectivity index (χ0v) is 12.8. The van der Waals surface area contributed by atoms with Gasteiger partial charge in [-0.1, -0.05) is 32.9 Å². The van der Waals surface area contributed by atoms with Crippen molar-refractivity contribution >= 4 is 11.6 Å². The van der Waals surface area contributed by atoms with E-state index >= 15 is 0 Å². The van der Waals surface area contributed by atoms with Crippen LogP contribution in [0.5, 0.6) is 0 Å². The maximum Gasteiger partial charge on any atom is 0.229 e. The van der Waals surface area contributed by atoms with Crippen LogP contribution in [0.1, 0.15) is 39.2 Å². The number of rotatable bonds is 3. The van der Waals surface area contributed by atoms with Crippen molar-refractivity contribution in [3.8, 4) is 0 Å². The predicted octanol–water partition coefficient (Wildman–Crippen LogP) is 3.21. The van der Waals surface area contributed by atoms with Crippen molar-refractivity contribution in [3.05, 3.63) is 29.8 Å². The molecule has 0 unspecified atom stereocenters. The van der Waals surface area contributed by atoms with E-state index in [1.165, 1.54) is 18.4 Å². The summed E-state index contributed by atoms with van der Waals surface area (Å²) in [5.74, 6) is 0.856. The Bertz CT molecular complexity index is 439. The minimum atomic E-state index is -0.353. The molecule has 0 radical (unpaired) electrons. The minimum Gasteiger partial charge on any atom is -0.326 e. The van der Waals surface area contributed by atoms with Gasteiger partial charge in [0, 0.05) is 11.1 Å². The molecule has 0 atom stereocenters. The summed E-state index contributed by atoms with van der Waals surface area (Å²) in [6, 6.07) is 8.31. The van der Waals surface area contributed by atoms with Gasteiger partial charge in [-0.2, -0.15) is 0 Å². The van der Waals surface area contributed by atoms with E-state index in [1.807, 2.05) is 32.9 Å². The first kappa shape index (κ1) is 15.0. The summed E-state index contributed by atoms with van der Waals surface area (Å²) in [6.45, 7) is 8.06. The maximum absolute atomic E-state index is 11.9. The Hall–Kier alpha value is -1.35. The largest absolute Gasteiger partial charge is 0.326 e. The van der Waals surface area contributed by atoms with E-state index in [2.05, 4.69) is 22.8 Å². The molecule has 1 heterocycles. The van der Waals surface area contributed by atoms with Crippen molar-refractivity contribution < 1.29 is 4.79 Å². The molecule has 2 N–H and O–H groups in total. The van der Waals surface area contributed by atoms with Crippen LogP contribution in [0, 0.1) is 11.3 Å². The molecule has 3 heteroatoms.